The Hall–Kier alpha value is -2.22. The number of nitrogens with one attached hydrogen (secondary N) is 4. The minimum absolute atomic E-state index is 0. The van der Waals surface area contributed by atoms with Gasteiger partial charge in [-0.15, -0.1) is 0 Å². The van der Waals surface area contributed by atoms with Gasteiger partial charge in [-0.25, -0.2) is 19.9 Å². The Morgan fingerprint density at radius 3 is 0.889 bits per heavy atom. The van der Waals surface area contributed by atoms with Gasteiger partial charge in [-0.3, -0.25) is 0 Å². The van der Waals surface area contributed by atoms with Gasteiger partial charge >= 0.3 is 79.8 Å². The van der Waals surface area contributed by atoms with E-state index < -0.39 is 0 Å². The van der Waals surface area contributed by atoms with Crippen LogP contribution in [0, 0.1) is 20.5 Å². The molecule has 27 heavy (non-hydrogen) atoms. The molecule has 10 nitrogen and oxygen atoms in total. The molecule has 0 unspecified atom stereocenters. The zero-order valence-corrected chi connectivity index (χ0v) is 21.3. The van der Waals surface area contributed by atoms with E-state index in [1.165, 1.54) is 0 Å². The van der Waals surface area contributed by atoms with Crippen molar-refractivity contribution in [3.63, 3.8) is 0 Å². The molecule has 0 bridgehead atoms. The number of hydrogen-bond acceptors (Lipinski definition) is 6. The van der Waals surface area contributed by atoms with Crippen LogP contribution >= 0.6 is 0 Å². The standard InChI is InChI=1S/2C6H6N4.2CHNSe.Cd/c2*1-2-8-5(7-1)6-9-3-4-10-6;2*2-1-3;/h2*1-4H,(H,7,8)(H,9,10);2*3H;/q;;;;+2/p-2. The topological polar surface area (TPSA) is 162 Å². The molecule has 4 N–H and O–H groups in total. The SMILES string of the molecule is N#C[Se-].N#C[Se-].[Cd+2].c1c[nH]c(-c2ncc[nH]2)n1.c1c[nH]c(-c2ncc[nH]2)n1. The van der Waals surface area contributed by atoms with E-state index in [4.69, 9.17) is 10.5 Å². The van der Waals surface area contributed by atoms with E-state index in [-0.39, 0.29) is 27.3 Å². The molecule has 0 aliphatic carbocycles. The van der Waals surface area contributed by atoms with Crippen LogP contribution < -0.4 is 0 Å². The Kier molecular flexibility index (Phi) is 14.7. The van der Waals surface area contributed by atoms with Crippen molar-refractivity contribution in [2.45, 2.75) is 0 Å². The van der Waals surface area contributed by atoms with Crippen LogP contribution in [0.2, 0.25) is 0 Å². The molecule has 0 saturated carbocycles. The number of imidazole rings is 4. The van der Waals surface area contributed by atoms with Crippen molar-refractivity contribution in [3.05, 3.63) is 49.6 Å². The van der Waals surface area contributed by atoms with E-state index in [2.05, 4.69) is 71.9 Å². The maximum atomic E-state index is 7.26. The van der Waals surface area contributed by atoms with Crippen LogP contribution in [0.25, 0.3) is 23.3 Å². The van der Waals surface area contributed by atoms with Gasteiger partial charge in [-0.05, 0) is 0 Å². The maximum absolute atomic E-state index is 7.26. The Morgan fingerprint density at radius 2 is 0.778 bits per heavy atom. The molecule has 0 aliphatic rings. The van der Waals surface area contributed by atoms with Crippen LogP contribution in [0.1, 0.15) is 0 Å². The molecular weight excluding hydrogens is 579 g/mol. The molecule has 4 aromatic rings. The van der Waals surface area contributed by atoms with Crippen molar-refractivity contribution < 1.29 is 27.3 Å². The second kappa shape index (κ2) is 16.0. The summed E-state index contributed by atoms with van der Waals surface area (Å²) in [5.74, 6) is 3.07. The molecule has 0 fully saturated rings. The van der Waals surface area contributed by atoms with Crippen molar-refractivity contribution in [1.29, 1.82) is 10.5 Å². The second-order valence-electron chi connectivity index (χ2n) is 3.93. The van der Waals surface area contributed by atoms with Gasteiger partial charge in [0.1, 0.15) is 0 Å². The average molecular weight is 591 g/mol. The quantitative estimate of drug-likeness (QED) is 0.253. The summed E-state index contributed by atoms with van der Waals surface area (Å²) < 4.78 is 0. The number of aromatic amines is 4. The molecule has 4 rings (SSSR count). The van der Waals surface area contributed by atoms with Crippen molar-refractivity contribution in [1.82, 2.24) is 39.9 Å². The van der Waals surface area contributed by atoms with Crippen molar-refractivity contribution in [2.75, 3.05) is 0 Å². The molecule has 0 aliphatic heterocycles. The molecule has 0 amide bonds. The zero-order chi connectivity index (χ0) is 19.0. The molecule has 4 heterocycles. The van der Waals surface area contributed by atoms with Gasteiger partial charge in [0.2, 0.25) is 0 Å². The fraction of sp³-hybridized carbons (Fsp3) is 0. The van der Waals surface area contributed by atoms with Gasteiger partial charge in [0.05, 0.1) is 0 Å². The Balaban J connectivity index is 0.000000380. The van der Waals surface area contributed by atoms with Crippen LogP contribution in [0.5, 0.6) is 0 Å². The number of aromatic nitrogens is 8. The molecule has 0 aromatic carbocycles. The predicted octanol–water partition coefficient (Wildman–Crippen LogP) is 0.869. The monoisotopic (exact) mass is 594 g/mol. The predicted molar refractivity (Wildman–Crippen MR) is 95.1 cm³/mol. The first kappa shape index (κ1) is 24.8. The number of rotatable bonds is 2. The molecular formula is C14H12CdN10Se2. The van der Waals surface area contributed by atoms with E-state index in [1.807, 2.05) is 0 Å². The summed E-state index contributed by atoms with van der Waals surface area (Å²) in [7, 11) is 0. The van der Waals surface area contributed by atoms with Gasteiger partial charge in [-0.1, -0.05) is 0 Å². The smallest absolute Gasteiger partial charge is 0.342 e. The molecule has 132 valence electrons. The third-order valence-corrected chi connectivity index (χ3v) is 2.44. The van der Waals surface area contributed by atoms with Crippen molar-refractivity contribution in [3.8, 4) is 33.2 Å². The van der Waals surface area contributed by atoms with Gasteiger partial charge < -0.3 is 19.9 Å². The van der Waals surface area contributed by atoms with Crippen LogP contribution in [-0.4, -0.2) is 71.9 Å². The second-order valence-corrected chi connectivity index (χ2v) is 4.70. The van der Waals surface area contributed by atoms with Crippen LogP contribution in [0.3, 0.4) is 0 Å². The average Bonchev–Trinajstić information content (AvgIpc) is 3.48. The summed E-state index contributed by atoms with van der Waals surface area (Å²) in [6.45, 7) is 0. The minimum Gasteiger partial charge on any atom is -0.342 e. The van der Waals surface area contributed by atoms with Gasteiger partial charge in [-0.2, -0.15) is 0 Å². The van der Waals surface area contributed by atoms with E-state index in [9.17, 15) is 0 Å². The number of nitrogens with zero attached hydrogens (tertiary/aromatic N) is 6. The third kappa shape index (κ3) is 9.89. The third-order valence-electron chi connectivity index (χ3n) is 2.44. The largest absolute Gasteiger partial charge is 2.00 e. The summed E-state index contributed by atoms with van der Waals surface area (Å²) in [4.78, 5) is 31.0. The summed E-state index contributed by atoms with van der Waals surface area (Å²) in [5.41, 5.74) is 0. The number of H-pyrrole nitrogens is 4. The normalized spacial score (nSPS) is 7.93. The molecule has 0 radical (unpaired) electrons. The fourth-order valence-electron chi connectivity index (χ4n) is 1.58. The summed E-state index contributed by atoms with van der Waals surface area (Å²) in [6, 6.07) is 0. The minimum atomic E-state index is 0. The Bertz CT molecular complexity index is 734. The van der Waals surface area contributed by atoms with E-state index >= 15 is 0 Å². The van der Waals surface area contributed by atoms with Gasteiger partial charge in [0.25, 0.3) is 0 Å². The first-order valence-corrected chi connectivity index (χ1v) is 8.48. The summed E-state index contributed by atoms with van der Waals surface area (Å²) in [5, 5.41) is 14.5. The first-order valence-electron chi connectivity index (χ1n) is 6.77. The van der Waals surface area contributed by atoms with Crippen LogP contribution in [-0.2, 0) is 27.3 Å². The molecule has 0 atom stereocenters. The van der Waals surface area contributed by atoms with E-state index in [1.54, 1.807) is 59.5 Å². The summed E-state index contributed by atoms with van der Waals surface area (Å²) in [6.07, 6.45) is 13.8. The maximum Gasteiger partial charge on any atom is 2.00 e. The van der Waals surface area contributed by atoms with Gasteiger partial charge in [0, 0.05) is 49.6 Å². The Labute approximate surface area is 191 Å². The molecule has 4 aromatic heterocycles. The van der Waals surface area contributed by atoms with E-state index in [0.29, 0.717) is 0 Å². The number of nitriles is 2. The van der Waals surface area contributed by atoms with E-state index in [0.717, 1.165) is 23.3 Å². The first-order chi connectivity index (χ1) is 12.8. The zero-order valence-electron chi connectivity index (χ0n) is 13.8. The summed E-state index contributed by atoms with van der Waals surface area (Å²) >= 11 is 4.22. The fourth-order valence-corrected chi connectivity index (χ4v) is 1.58. The Morgan fingerprint density at radius 1 is 0.593 bits per heavy atom. The van der Waals surface area contributed by atoms with Gasteiger partial charge in [0.15, 0.2) is 23.3 Å². The molecule has 13 heteroatoms. The van der Waals surface area contributed by atoms with Crippen LogP contribution in [0.15, 0.2) is 49.6 Å². The van der Waals surface area contributed by atoms with Crippen LogP contribution in [0.4, 0.5) is 0 Å². The van der Waals surface area contributed by atoms with Crippen molar-refractivity contribution >= 4 is 32.0 Å². The number of hydrogen-bond donors (Lipinski definition) is 4. The molecule has 0 saturated heterocycles. The van der Waals surface area contributed by atoms with Crippen molar-refractivity contribution in [2.24, 2.45) is 0 Å². The molecule has 0 spiro atoms.